The molecule has 7 heteroatoms. The van der Waals surface area contributed by atoms with Crippen LogP contribution < -0.4 is 10.9 Å². The molecule has 0 bridgehead atoms. The van der Waals surface area contributed by atoms with Gasteiger partial charge in [-0.25, -0.2) is 4.98 Å². The Morgan fingerprint density at radius 3 is 2.95 bits per heavy atom. The highest BCUT2D eigenvalue weighted by atomic mass is 32.1. The largest absolute Gasteiger partial charge is 0.338 e. The van der Waals surface area contributed by atoms with Gasteiger partial charge in [0.2, 0.25) is 0 Å². The molecule has 0 aliphatic carbocycles. The molecule has 1 fully saturated rings. The van der Waals surface area contributed by atoms with Crippen molar-refractivity contribution < 1.29 is 4.79 Å². The molecule has 1 aliphatic rings. The second kappa shape index (κ2) is 6.58. The van der Waals surface area contributed by atoms with Crippen LogP contribution in [0.4, 0.5) is 0 Å². The molecule has 1 aliphatic heterocycles. The van der Waals surface area contributed by atoms with Gasteiger partial charge in [0.1, 0.15) is 5.56 Å². The van der Waals surface area contributed by atoms with Crippen molar-refractivity contribution in [3.8, 4) is 0 Å². The molecule has 22 heavy (non-hydrogen) atoms. The van der Waals surface area contributed by atoms with E-state index in [1.165, 1.54) is 21.9 Å². The highest BCUT2D eigenvalue weighted by Gasteiger charge is 2.25. The zero-order valence-corrected chi connectivity index (χ0v) is 13.4. The minimum atomic E-state index is -0.270. The van der Waals surface area contributed by atoms with Crippen LogP contribution in [-0.2, 0) is 0 Å². The summed E-state index contributed by atoms with van der Waals surface area (Å²) in [5.41, 5.74) is -0.0990. The molecule has 3 heterocycles. The van der Waals surface area contributed by atoms with Crippen molar-refractivity contribution >= 4 is 22.2 Å². The molecule has 0 saturated carbocycles. The fourth-order valence-electron chi connectivity index (χ4n) is 2.91. The molecule has 0 spiro atoms. The fourth-order valence-corrected chi connectivity index (χ4v) is 3.59. The van der Waals surface area contributed by atoms with E-state index in [1.807, 2.05) is 7.05 Å². The number of thiazole rings is 1. The van der Waals surface area contributed by atoms with E-state index in [-0.39, 0.29) is 17.0 Å². The highest BCUT2D eigenvalue weighted by Crippen LogP contribution is 2.21. The Morgan fingerprint density at radius 1 is 1.45 bits per heavy atom. The molecular formula is C15H20N4O2S. The number of rotatable bonds is 4. The van der Waals surface area contributed by atoms with Gasteiger partial charge < -0.3 is 10.2 Å². The van der Waals surface area contributed by atoms with Crippen LogP contribution in [0.25, 0.3) is 4.96 Å². The van der Waals surface area contributed by atoms with Gasteiger partial charge in [0.15, 0.2) is 4.96 Å². The summed E-state index contributed by atoms with van der Waals surface area (Å²) < 4.78 is 1.44. The average Bonchev–Trinajstić information content (AvgIpc) is 3.03. The van der Waals surface area contributed by atoms with Crippen molar-refractivity contribution in [2.24, 2.45) is 5.92 Å². The van der Waals surface area contributed by atoms with Gasteiger partial charge in [0.25, 0.3) is 11.5 Å². The fraction of sp³-hybridized carbons (Fsp3) is 0.533. The SMILES string of the molecule is CNCCC1CCN(C(=O)c2cnc3sccn3c2=O)CC1. The molecule has 118 valence electrons. The Hall–Kier alpha value is -1.73. The molecule has 0 aromatic carbocycles. The number of carbonyl (C=O) groups excluding carboxylic acids is 1. The Morgan fingerprint density at radius 2 is 2.23 bits per heavy atom. The van der Waals surface area contributed by atoms with Crippen molar-refractivity contribution in [3.05, 3.63) is 33.7 Å². The summed E-state index contributed by atoms with van der Waals surface area (Å²) in [7, 11) is 1.96. The number of hydrogen-bond donors (Lipinski definition) is 1. The zero-order chi connectivity index (χ0) is 15.5. The van der Waals surface area contributed by atoms with Crippen molar-refractivity contribution in [2.75, 3.05) is 26.7 Å². The summed E-state index contributed by atoms with van der Waals surface area (Å²) in [6, 6.07) is 0. The topological polar surface area (TPSA) is 66.7 Å². The lowest BCUT2D eigenvalue weighted by Gasteiger charge is -2.31. The maximum Gasteiger partial charge on any atom is 0.271 e. The summed E-state index contributed by atoms with van der Waals surface area (Å²) in [5.74, 6) is 0.472. The number of amides is 1. The van der Waals surface area contributed by atoms with Gasteiger partial charge in [0.05, 0.1) is 0 Å². The smallest absolute Gasteiger partial charge is 0.271 e. The summed E-state index contributed by atoms with van der Waals surface area (Å²) in [6.07, 6.45) is 6.23. The number of fused-ring (bicyclic) bond motifs is 1. The van der Waals surface area contributed by atoms with Crippen LogP contribution in [0.2, 0.25) is 0 Å². The van der Waals surface area contributed by atoms with E-state index in [0.29, 0.717) is 10.9 Å². The summed E-state index contributed by atoms with van der Waals surface area (Å²) >= 11 is 1.39. The molecule has 0 radical (unpaired) electrons. The molecule has 2 aromatic rings. The lowest BCUT2D eigenvalue weighted by Crippen LogP contribution is -2.41. The van der Waals surface area contributed by atoms with Gasteiger partial charge in [-0.2, -0.15) is 0 Å². The van der Waals surface area contributed by atoms with Crippen LogP contribution in [0.1, 0.15) is 29.6 Å². The van der Waals surface area contributed by atoms with Crippen LogP contribution in [0, 0.1) is 5.92 Å². The Kier molecular flexibility index (Phi) is 4.54. The van der Waals surface area contributed by atoms with E-state index in [1.54, 1.807) is 16.5 Å². The lowest BCUT2D eigenvalue weighted by molar-refractivity contribution is 0.0684. The predicted molar refractivity (Wildman–Crippen MR) is 86.5 cm³/mol. The Bertz CT molecular complexity index is 716. The van der Waals surface area contributed by atoms with Gasteiger partial charge in [-0.3, -0.25) is 14.0 Å². The standard InChI is InChI=1S/C15H20N4O2S/c1-16-5-2-11-3-6-18(7-4-11)13(20)12-10-17-15-19(14(12)21)8-9-22-15/h8-11,16H,2-7H2,1H3. The molecule has 6 nitrogen and oxygen atoms in total. The van der Waals surface area contributed by atoms with Crippen molar-refractivity contribution in [2.45, 2.75) is 19.3 Å². The van der Waals surface area contributed by atoms with Gasteiger partial charge >= 0.3 is 0 Å². The average molecular weight is 320 g/mol. The number of carbonyl (C=O) groups is 1. The molecule has 1 amide bonds. The van der Waals surface area contributed by atoms with Crippen LogP contribution in [0.5, 0.6) is 0 Å². The number of hydrogen-bond acceptors (Lipinski definition) is 5. The maximum absolute atomic E-state index is 12.6. The minimum Gasteiger partial charge on any atom is -0.338 e. The first-order chi connectivity index (χ1) is 10.7. The number of nitrogens with one attached hydrogen (secondary N) is 1. The van der Waals surface area contributed by atoms with Gasteiger partial charge in [0, 0.05) is 30.9 Å². The van der Waals surface area contributed by atoms with Gasteiger partial charge in [-0.1, -0.05) is 0 Å². The third-order valence-corrected chi connectivity index (χ3v) is 5.05. The number of piperidine rings is 1. The van der Waals surface area contributed by atoms with Crippen molar-refractivity contribution in [1.82, 2.24) is 19.6 Å². The van der Waals surface area contributed by atoms with E-state index in [4.69, 9.17) is 0 Å². The second-order valence-electron chi connectivity index (χ2n) is 5.66. The van der Waals surface area contributed by atoms with E-state index in [9.17, 15) is 9.59 Å². The maximum atomic E-state index is 12.6. The number of nitrogens with zero attached hydrogens (tertiary/aromatic N) is 3. The summed E-state index contributed by atoms with van der Waals surface area (Å²) in [4.78, 5) is 31.5. The van der Waals surface area contributed by atoms with Crippen LogP contribution in [-0.4, -0.2) is 46.9 Å². The lowest BCUT2D eigenvalue weighted by atomic mass is 9.93. The van der Waals surface area contributed by atoms with Crippen LogP contribution in [0.15, 0.2) is 22.6 Å². The van der Waals surface area contributed by atoms with Crippen molar-refractivity contribution in [3.63, 3.8) is 0 Å². The molecule has 0 atom stereocenters. The van der Waals surface area contributed by atoms with Gasteiger partial charge in [-0.05, 0) is 38.8 Å². The monoisotopic (exact) mass is 320 g/mol. The number of likely N-dealkylation sites (tertiary alicyclic amines) is 1. The second-order valence-corrected chi connectivity index (χ2v) is 6.53. The highest BCUT2D eigenvalue weighted by molar-refractivity contribution is 7.15. The number of aromatic nitrogens is 2. The third-order valence-electron chi connectivity index (χ3n) is 4.28. The first-order valence-electron chi connectivity index (χ1n) is 7.59. The first-order valence-corrected chi connectivity index (χ1v) is 8.47. The molecule has 1 N–H and O–H groups in total. The Balaban J connectivity index is 1.71. The van der Waals surface area contributed by atoms with Crippen molar-refractivity contribution in [1.29, 1.82) is 0 Å². The van der Waals surface area contributed by atoms with Crippen LogP contribution >= 0.6 is 11.3 Å². The summed E-state index contributed by atoms with van der Waals surface area (Å²) in [5, 5.41) is 4.96. The van der Waals surface area contributed by atoms with E-state index in [2.05, 4.69) is 10.3 Å². The first kappa shape index (κ1) is 15.2. The van der Waals surface area contributed by atoms with Gasteiger partial charge in [-0.15, -0.1) is 11.3 Å². The minimum absolute atomic E-state index is 0.171. The summed E-state index contributed by atoms with van der Waals surface area (Å²) in [6.45, 7) is 2.46. The molecule has 0 unspecified atom stereocenters. The third kappa shape index (κ3) is 2.91. The predicted octanol–water partition coefficient (Wildman–Crippen LogP) is 1.22. The quantitative estimate of drug-likeness (QED) is 0.920. The molecule has 3 rings (SSSR count). The van der Waals surface area contributed by atoms with E-state index < -0.39 is 0 Å². The molecular weight excluding hydrogens is 300 g/mol. The normalized spacial score (nSPS) is 16.3. The molecule has 2 aromatic heterocycles. The van der Waals surface area contributed by atoms with E-state index in [0.717, 1.165) is 38.9 Å². The molecule has 1 saturated heterocycles. The Labute approximate surface area is 132 Å². The zero-order valence-electron chi connectivity index (χ0n) is 12.6. The van der Waals surface area contributed by atoms with Crippen LogP contribution in [0.3, 0.4) is 0 Å². The van der Waals surface area contributed by atoms with E-state index >= 15 is 0 Å².